The number of hydrogen-bond acceptors (Lipinski definition) is 7. The minimum Gasteiger partial charge on any atom is -0.377 e. The lowest BCUT2D eigenvalue weighted by atomic mass is 9.97. The van der Waals surface area contributed by atoms with Crippen molar-refractivity contribution in [3.05, 3.63) is 35.3 Å². The molecule has 11 heteroatoms. The van der Waals surface area contributed by atoms with Gasteiger partial charge in [-0.15, -0.1) is 0 Å². The predicted molar refractivity (Wildman–Crippen MR) is 138 cm³/mol. The van der Waals surface area contributed by atoms with Gasteiger partial charge in [-0.3, -0.25) is 4.79 Å². The molecule has 3 amide bonds. The highest BCUT2D eigenvalue weighted by molar-refractivity contribution is 5.89. The summed E-state index contributed by atoms with van der Waals surface area (Å²) in [7, 11) is 0. The van der Waals surface area contributed by atoms with E-state index in [1.54, 1.807) is 13.0 Å². The minimum absolute atomic E-state index is 0.0211. The van der Waals surface area contributed by atoms with Crippen LogP contribution in [-0.4, -0.2) is 72.2 Å². The number of benzene rings is 1. The maximum atomic E-state index is 14.9. The Morgan fingerprint density at radius 3 is 2.76 bits per heavy atom. The van der Waals surface area contributed by atoms with Crippen LogP contribution in [0.5, 0.6) is 0 Å². The topological polar surface area (TPSA) is 112 Å². The Labute approximate surface area is 216 Å². The van der Waals surface area contributed by atoms with Gasteiger partial charge in [0.05, 0.1) is 43.7 Å². The fourth-order valence-corrected chi connectivity index (χ4v) is 5.21. The van der Waals surface area contributed by atoms with E-state index < -0.39 is 11.8 Å². The van der Waals surface area contributed by atoms with Crippen LogP contribution in [0.4, 0.5) is 20.7 Å². The summed E-state index contributed by atoms with van der Waals surface area (Å²) in [5, 5.41) is 8.42. The predicted octanol–water partition coefficient (Wildman–Crippen LogP) is 2.49. The molecule has 198 valence electrons. The highest BCUT2D eigenvalue weighted by Gasteiger charge is 2.35. The molecule has 1 aromatic heterocycles. The zero-order chi connectivity index (χ0) is 25.9. The summed E-state index contributed by atoms with van der Waals surface area (Å²) in [6.07, 6.45) is 1.68. The molecule has 2 aromatic rings. The molecule has 4 heterocycles. The van der Waals surface area contributed by atoms with Gasteiger partial charge in [0.25, 0.3) is 0 Å². The molecule has 0 radical (unpaired) electrons. The first-order valence-corrected chi connectivity index (χ1v) is 13.0. The summed E-state index contributed by atoms with van der Waals surface area (Å²) in [5.41, 5.74) is 2.34. The number of ether oxygens (including phenoxy) is 1. The lowest BCUT2D eigenvalue weighted by molar-refractivity contribution is -0.137. The van der Waals surface area contributed by atoms with Crippen molar-refractivity contribution >= 4 is 23.4 Å². The first kappa shape index (κ1) is 25.3. The lowest BCUT2D eigenvalue weighted by Gasteiger charge is -2.35. The van der Waals surface area contributed by atoms with Crippen LogP contribution in [0.1, 0.15) is 37.9 Å². The van der Waals surface area contributed by atoms with Gasteiger partial charge in [-0.25, -0.2) is 19.2 Å². The average molecular weight is 512 g/mol. The number of aromatic nitrogens is 2. The second-order valence-electron chi connectivity index (χ2n) is 9.81. The summed E-state index contributed by atoms with van der Waals surface area (Å²) in [5.74, 6) is 0.784. The highest BCUT2D eigenvalue weighted by Crippen LogP contribution is 2.35. The van der Waals surface area contributed by atoms with Crippen molar-refractivity contribution in [2.24, 2.45) is 5.92 Å². The van der Waals surface area contributed by atoms with Crippen LogP contribution in [0.25, 0.3) is 11.4 Å². The monoisotopic (exact) mass is 511 g/mol. The summed E-state index contributed by atoms with van der Waals surface area (Å²) >= 11 is 0. The van der Waals surface area contributed by atoms with Crippen molar-refractivity contribution in [3.63, 3.8) is 0 Å². The quantitative estimate of drug-likeness (QED) is 0.566. The molecule has 0 spiro atoms. The van der Waals surface area contributed by atoms with Crippen LogP contribution < -0.4 is 20.9 Å². The van der Waals surface area contributed by atoms with E-state index in [1.807, 2.05) is 4.90 Å². The van der Waals surface area contributed by atoms with Gasteiger partial charge in [-0.1, -0.05) is 0 Å². The van der Waals surface area contributed by atoms with Gasteiger partial charge in [-0.2, -0.15) is 0 Å². The molecule has 2 saturated heterocycles. The highest BCUT2D eigenvalue weighted by atomic mass is 19.1. The Bertz CT molecular complexity index is 1170. The van der Waals surface area contributed by atoms with E-state index in [-0.39, 0.29) is 23.6 Å². The van der Waals surface area contributed by atoms with E-state index in [9.17, 15) is 14.0 Å². The van der Waals surface area contributed by atoms with Crippen LogP contribution in [0.3, 0.4) is 0 Å². The summed E-state index contributed by atoms with van der Waals surface area (Å²) in [6, 6.07) is 4.19. The van der Waals surface area contributed by atoms with E-state index in [1.165, 1.54) is 12.1 Å². The van der Waals surface area contributed by atoms with Crippen molar-refractivity contribution in [2.75, 3.05) is 49.6 Å². The number of carbonyl (C=O) groups is 2. The Hall–Kier alpha value is -3.31. The van der Waals surface area contributed by atoms with Crippen LogP contribution in [0.2, 0.25) is 0 Å². The second kappa shape index (κ2) is 11.0. The van der Waals surface area contributed by atoms with E-state index >= 15 is 0 Å². The van der Waals surface area contributed by atoms with Crippen molar-refractivity contribution in [1.29, 1.82) is 0 Å². The third-order valence-electron chi connectivity index (χ3n) is 7.21. The molecule has 0 saturated carbocycles. The van der Waals surface area contributed by atoms with Crippen molar-refractivity contribution < 1.29 is 18.7 Å². The van der Waals surface area contributed by atoms with Gasteiger partial charge in [0.15, 0.2) is 5.82 Å². The molecule has 0 aliphatic carbocycles. The molecule has 37 heavy (non-hydrogen) atoms. The maximum Gasteiger partial charge on any atom is 0.319 e. The van der Waals surface area contributed by atoms with Crippen molar-refractivity contribution in [2.45, 2.75) is 45.8 Å². The van der Waals surface area contributed by atoms with Gasteiger partial charge < -0.3 is 30.5 Å². The number of carbonyl (C=O) groups excluding carboxylic acids is 2. The number of halogens is 1. The SMILES string of the molecule is CCNC(=O)Nc1ccc(-c2nc3c(c(N4CCOCC4C)n2)CN(C(=O)C2CCNCC2)C3)cc1F. The molecule has 3 N–H and O–H groups in total. The van der Waals surface area contributed by atoms with Crippen LogP contribution in [0.15, 0.2) is 18.2 Å². The molecular formula is C26H34FN7O3. The first-order chi connectivity index (χ1) is 17.9. The van der Waals surface area contributed by atoms with Crippen LogP contribution in [-0.2, 0) is 22.6 Å². The van der Waals surface area contributed by atoms with E-state index in [4.69, 9.17) is 14.7 Å². The zero-order valence-corrected chi connectivity index (χ0v) is 21.3. The molecular weight excluding hydrogens is 477 g/mol. The minimum atomic E-state index is -0.572. The van der Waals surface area contributed by atoms with E-state index in [0.717, 1.165) is 43.0 Å². The smallest absolute Gasteiger partial charge is 0.319 e. The summed E-state index contributed by atoms with van der Waals surface area (Å²) in [6.45, 7) is 8.76. The number of nitrogens with one attached hydrogen (secondary N) is 3. The molecule has 10 nitrogen and oxygen atoms in total. The number of rotatable bonds is 5. The number of anilines is 2. The fraction of sp³-hybridized carbons (Fsp3) is 0.538. The summed E-state index contributed by atoms with van der Waals surface area (Å²) < 4.78 is 20.6. The first-order valence-electron chi connectivity index (χ1n) is 13.0. The maximum absolute atomic E-state index is 14.9. The van der Waals surface area contributed by atoms with Gasteiger partial charge in [0, 0.05) is 30.1 Å². The third kappa shape index (κ3) is 5.37. The van der Waals surface area contributed by atoms with Gasteiger partial charge >= 0.3 is 6.03 Å². The van der Waals surface area contributed by atoms with Gasteiger partial charge in [-0.05, 0) is 58.0 Å². The number of nitrogens with zero attached hydrogens (tertiary/aromatic N) is 4. The Morgan fingerprint density at radius 1 is 1.22 bits per heavy atom. The number of hydrogen-bond donors (Lipinski definition) is 3. The Balaban J connectivity index is 1.47. The molecule has 5 rings (SSSR count). The lowest BCUT2D eigenvalue weighted by Crippen LogP contribution is -2.44. The third-order valence-corrected chi connectivity index (χ3v) is 7.21. The molecule has 3 aliphatic heterocycles. The molecule has 1 aromatic carbocycles. The number of amides is 3. The molecule has 0 bridgehead atoms. The van der Waals surface area contributed by atoms with Crippen LogP contribution in [0, 0.1) is 11.7 Å². The van der Waals surface area contributed by atoms with E-state index in [2.05, 4.69) is 27.8 Å². The zero-order valence-electron chi connectivity index (χ0n) is 21.3. The molecule has 2 fully saturated rings. The fourth-order valence-electron chi connectivity index (χ4n) is 5.21. The van der Waals surface area contributed by atoms with Gasteiger partial charge in [0.1, 0.15) is 11.6 Å². The molecule has 3 aliphatic rings. The van der Waals surface area contributed by atoms with Crippen molar-refractivity contribution in [1.82, 2.24) is 25.5 Å². The van der Waals surface area contributed by atoms with E-state index in [0.29, 0.717) is 50.8 Å². The number of urea groups is 1. The summed E-state index contributed by atoms with van der Waals surface area (Å²) in [4.78, 5) is 38.9. The largest absolute Gasteiger partial charge is 0.377 e. The van der Waals surface area contributed by atoms with Crippen molar-refractivity contribution in [3.8, 4) is 11.4 Å². The number of piperidine rings is 1. The standard InChI is InChI=1S/C26H34FN7O3/c1-3-29-26(36)31-21-5-4-18(12-20(21)27)23-30-22-14-33(25(35)17-6-8-28-9-7-17)13-19(22)24(32-23)34-10-11-37-15-16(34)2/h4-5,12,16-17,28H,3,6-11,13-15H2,1-2H3,(H2,29,31,36). The number of morpholine rings is 1. The Kier molecular flexibility index (Phi) is 7.52. The van der Waals surface area contributed by atoms with Crippen LogP contribution >= 0.6 is 0 Å². The normalized spacial score (nSPS) is 20.0. The van der Waals surface area contributed by atoms with Gasteiger partial charge in [0.2, 0.25) is 5.91 Å². The molecule has 1 atom stereocenters. The number of fused-ring (bicyclic) bond motifs is 1. The average Bonchev–Trinajstić information content (AvgIpc) is 3.34. The Morgan fingerprint density at radius 2 is 2.03 bits per heavy atom. The molecule has 1 unspecified atom stereocenters. The second-order valence-corrected chi connectivity index (χ2v) is 9.81.